The molecule has 104 valence electrons. The van der Waals surface area contributed by atoms with E-state index in [4.69, 9.17) is 0 Å². The maximum Gasteiger partial charge on any atom is 0.264 e. The van der Waals surface area contributed by atoms with Crippen LogP contribution in [0.3, 0.4) is 0 Å². The highest BCUT2D eigenvalue weighted by atomic mass is 79.9. The Hall–Kier alpha value is -0.400. The topological polar surface area (TPSA) is 54.5 Å². The fourth-order valence-corrected chi connectivity index (χ4v) is 5.58. The van der Waals surface area contributed by atoms with Gasteiger partial charge in [-0.3, -0.25) is 4.79 Å². The van der Waals surface area contributed by atoms with Crippen LogP contribution in [0.4, 0.5) is 0 Å². The van der Waals surface area contributed by atoms with Crippen LogP contribution >= 0.6 is 27.3 Å². The summed E-state index contributed by atoms with van der Waals surface area (Å²) in [7, 11) is -2.96. The first kappa shape index (κ1) is 13.6. The molecule has 0 aromatic carbocycles. The second-order valence-corrected chi connectivity index (χ2v) is 9.80. The molecule has 2 heterocycles. The number of rotatable bonds is 3. The van der Waals surface area contributed by atoms with Crippen molar-refractivity contribution in [1.82, 2.24) is 4.90 Å². The Morgan fingerprint density at radius 1 is 1.26 bits per heavy atom. The van der Waals surface area contributed by atoms with Crippen LogP contribution < -0.4 is 0 Å². The molecule has 0 bridgehead atoms. The summed E-state index contributed by atoms with van der Waals surface area (Å²) in [5.74, 6) is 0.324. The second-order valence-electron chi connectivity index (χ2n) is 5.10. The van der Waals surface area contributed by atoms with Crippen molar-refractivity contribution in [3.05, 3.63) is 20.8 Å². The molecule has 19 heavy (non-hydrogen) atoms. The van der Waals surface area contributed by atoms with Gasteiger partial charge in [-0.25, -0.2) is 8.42 Å². The van der Waals surface area contributed by atoms with E-state index in [9.17, 15) is 13.2 Å². The van der Waals surface area contributed by atoms with Crippen molar-refractivity contribution in [2.24, 2.45) is 0 Å². The van der Waals surface area contributed by atoms with Gasteiger partial charge in [0.05, 0.1) is 20.2 Å². The number of nitrogens with zero attached hydrogens (tertiary/aromatic N) is 1. The summed E-state index contributed by atoms with van der Waals surface area (Å²) >= 11 is 4.76. The number of hydrogen-bond donors (Lipinski definition) is 0. The molecule has 7 heteroatoms. The lowest BCUT2D eigenvalue weighted by Crippen LogP contribution is -2.42. The molecule has 2 fully saturated rings. The molecule has 0 N–H and O–H groups in total. The van der Waals surface area contributed by atoms with Crippen molar-refractivity contribution < 1.29 is 13.2 Å². The molecule has 2 aliphatic rings. The van der Waals surface area contributed by atoms with Gasteiger partial charge in [-0.1, -0.05) is 0 Å². The molecule has 0 radical (unpaired) electrons. The van der Waals surface area contributed by atoms with Gasteiger partial charge in [0, 0.05) is 12.1 Å². The lowest BCUT2D eigenvalue weighted by atomic mass is 10.2. The summed E-state index contributed by atoms with van der Waals surface area (Å²) in [4.78, 5) is 15.1. The van der Waals surface area contributed by atoms with E-state index in [0.29, 0.717) is 11.3 Å². The highest BCUT2D eigenvalue weighted by Crippen LogP contribution is 2.35. The molecule has 1 aromatic heterocycles. The maximum absolute atomic E-state index is 12.6. The highest BCUT2D eigenvalue weighted by molar-refractivity contribution is 9.11. The Kier molecular flexibility index (Phi) is 3.47. The van der Waals surface area contributed by atoms with Crippen LogP contribution in [-0.2, 0) is 9.84 Å². The van der Waals surface area contributed by atoms with Gasteiger partial charge in [-0.05, 0) is 47.3 Å². The van der Waals surface area contributed by atoms with Gasteiger partial charge < -0.3 is 4.90 Å². The minimum Gasteiger partial charge on any atom is -0.331 e. The number of halogens is 1. The third-order valence-corrected chi connectivity index (χ3v) is 6.92. The van der Waals surface area contributed by atoms with Gasteiger partial charge in [0.25, 0.3) is 5.91 Å². The predicted octanol–water partition coefficient (Wildman–Crippen LogP) is 2.30. The van der Waals surface area contributed by atoms with E-state index in [1.165, 1.54) is 11.3 Å². The molecule has 1 atom stereocenters. The second kappa shape index (κ2) is 4.86. The quantitative estimate of drug-likeness (QED) is 0.827. The van der Waals surface area contributed by atoms with Gasteiger partial charge in [-0.15, -0.1) is 11.3 Å². The summed E-state index contributed by atoms with van der Waals surface area (Å²) in [5, 5.41) is 0. The van der Waals surface area contributed by atoms with E-state index in [0.717, 1.165) is 16.6 Å². The fourth-order valence-electron chi connectivity index (χ4n) is 2.53. The van der Waals surface area contributed by atoms with Crippen molar-refractivity contribution in [2.45, 2.75) is 31.3 Å². The highest BCUT2D eigenvalue weighted by Gasteiger charge is 2.42. The Morgan fingerprint density at radius 2 is 2.00 bits per heavy atom. The molecule has 1 saturated carbocycles. The van der Waals surface area contributed by atoms with Crippen molar-refractivity contribution in [1.29, 1.82) is 0 Å². The van der Waals surface area contributed by atoms with Crippen molar-refractivity contribution in [3.63, 3.8) is 0 Å². The minimum absolute atomic E-state index is 0.0136. The summed E-state index contributed by atoms with van der Waals surface area (Å²) < 4.78 is 24.1. The van der Waals surface area contributed by atoms with Crippen LogP contribution in [0, 0.1) is 0 Å². The molecule has 4 nitrogen and oxygen atoms in total. The predicted molar refractivity (Wildman–Crippen MR) is 78.3 cm³/mol. The molecule has 1 saturated heterocycles. The van der Waals surface area contributed by atoms with E-state index >= 15 is 0 Å². The summed E-state index contributed by atoms with van der Waals surface area (Å²) in [6.45, 7) is 0. The molecule has 1 aliphatic carbocycles. The van der Waals surface area contributed by atoms with Gasteiger partial charge in [0.15, 0.2) is 9.84 Å². The van der Waals surface area contributed by atoms with Crippen LogP contribution in [0.15, 0.2) is 15.9 Å². The Labute approximate surface area is 124 Å². The van der Waals surface area contributed by atoms with Crippen LogP contribution in [0.1, 0.15) is 28.9 Å². The van der Waals surface area contributed by atoms with Crippen LogP contribution in [0.5, 0.6) is 0 Å². The third-order valence-electron chi connectivity index (χ3n) is 3.56. The van der Waals surface area contributed by atoms with E-state index in [2.05, 4.69) is 15.9 Å². The average molecular weight is 364 g/mol. The average Bonchev–Trinajstić information content (AvgIpc) is 2.96. The largest absolute Gasteiger partial charge is 0.331 e. The summed E-state index contributed by atoms with van der Waals surface area (Å²) in [6, 6.07) is 3.77. The van der Waals surface area contributed by atoms with Crippen LogP contribution in [0.2, 0.25) is 0 Å². The standard InChI is InChI=1S/C12H14BrNO3S2/c13-11-4-3-10(18-11)12(15)14(8-1-2-8)9-5-6-19(16,17)7-9/h3-4,8-9H,1-2,5-7H2. The van der Waals surface area contributed by atoms with Gasteiger partial charge >= 0.3 is 0 Å². The van der Waals surface area contributed by atoms with E-state index in [1.807, 2.05) is 11.0 Å². The zero-order valence-electron chi connectivity index (χ0n) is 10.2. The minimum atomic E-state index is -2.96. The van der Waals surface area contributed by atoms with Crippen molar-refractivity contribution >= 4 is 43.0 Å². The Balaban J connectivity index is 1.84. The van der Waals surface area contributed by atoms with E-state index < -0.39 is 9.84 Å². The number of thiophene rings is 1. The molecule has 1 aromatic rings. The lowest BCUT2D eigenvalue weighted by Gasteiger charge is -2.27. The first-order valence-electron chi connectivity index (χ1n) is 6.25. The van der Waals surface area contributed by atoms with Gasteiger partial charge in [0.2, 0.25) is 0 Å². The third kappa shape index (κ3) is 2.87. The molecule has 3 rings (SSSR count). The Morgan fingerprint density at radius 3 is 2.47 bits per heavy atom. The molecular formula is C12H14BrNO3S2. The zero-order chi connectivity index (χ0) is 13.6. The number of carbonyl (C=O) groups is 1. The van der Waals surface area contributed by atoms with Crippen molar-refractivity contribution in [2.75, 3.05) is 11.5 Å². The van der Waals surface area contributed by atoms with Gasteiger partial charge in [-0.2, -0.15) is 0 Å². The fraction of sp³-hybridized carbons (Fsp3) is 0.583. The first-order valence-corrected chi connectivity index (χ1v) is 9.68. The van der Waals surface area contributed by atoms with Gasteiger partial charge in [0.1, 0.15) is 0 Å². The van der Waals surface area contributed by atoms with E-state index in [-0.39, 0.29) is 29.5 Å². The SMILES string of the molecule is O=C(c1ccc(Br)s1)N(C1CC1)C1CCS(=O)(=O)C1. The molecular weight excluding hydrogens is 350 g/mol. The maximum atomic E-state index is 12.6. The zero-order valence-corrected chi connectivity index (χ0v) is 13.4. The van der Waals surface area contributed by atoms with Crippen LogP contribution in [0.25, 0.3) is 0 Å². The number of hydrogen-bond acceptors (Lipinski definition) is 4. The molecule has 0 spiro atoms. The molecule has 1 aliphatic heterocycles. The normalized spacial score (nSPS) is 25.4. The first-order chi connectivity index (χ1) is 8.96. The number of amides is 1. The van der Waals surface area contributed by atoms with Crippen molar-refractivity contribution in [3.8, 4) is 0 Å². The number of sulfone groups is 1. The smallest absolute Gasteiger partial charge is 0.264 e. The summed E-state index contributed by atoms with van der Waals surface area (Å²) in [5.41, 5.74) is 0. The molecule has 1 amide bonds. The van der Waals surface area contributed by atoms with Crippen LogP contribution in [-0.4, -0.2) is 42.8 Å². The molecule has 1 unspecified atom stereocenters. The lowest BCUT2D eigenvalue weighted by molar-refractivity contribution is 0.0686. The monoisotopic (exact) mass is 363 g/mol. The Bertz CT molecular complexity index is 606. The summed E-state index contributed by atoms with van der Waals surface area (Å²) in [6.07, 6.45) is 2.57. The number of carbonyl (C=O) groups excluding carboxylic acids is 1. The van der Waals surface area contributed by atoms with E-state index in [1.54, 1.807) is 6.07 Å².